The molecule has 0 aliphatic rings. The van der Waals surface area contributed by atoms with Crippen molar-refractivity contribution in [3.8, 4) is 0 Å². The zero-order valence-electron chi connectivity index (χ0n) is 14.3. The fourth-order valence-corrected chi connectivity index (χ4v) is 2.79. The van der Waals surface area contributed by atoms with Crippen LogP contribution in [0.15, 0.2) is 90.0 Å². The Balaban J connectivity index is 1.96. The van der Waals surface area contributed by atoms with E-state index in [9.17, 15) is 0 Å². The fourth-order valence-electron chi connectivity index (χ4n) is 2.66. The van der Waals surface area contributed by atoms with Gasteiger partial charge in [-0.25, -0.2) is 0 Å². The van der Waals surface area contributed by atoms with Crippen LogP contribution in [0.2, 0.25) is 5.02 Å². The van der Waals surface area contributed by atoms with Crippen LogP contribution >= 0.6 is 11.6 Å². The number of halogens is 1. The van der Waals surface area contributed by atoms with Gasteiger partial charge < -0.3 is 0 Å². The van der Waals surface area contributed by atoms with Crippen LogP contribution in [0.25, 0.3) is 0 Å². The minimum Gasteiger partial charge on any atom is -0.261 e. The normalized spacial score (nSPS) is 11.4. The Hall–Kier alpha value is -2.58. The number of hydrazone groups is 1. The molecular formula is C22H21ClN2. The third-order valence-corrected chi connectivity index (χ3v) is 4.24. The van der Waals surface area contributed by atoms with Crippen molar-refractivity contribution in [2.75, 3.05) is 5.01 Å². The summed E-state index contributed by atoms with van der Waals surface area (Å²) in [6.45, 7) is 2.85. The van der Waals surface area contributed by atoms with Crippen molar-refractivity contribution >= 4 is 23.0 Å². The maximum absolute atomic E-state index is 6.02. The number of anilines is 1. The molecule has 0 aliphatic carbocycles. The van der Waals surface area contributed by atoms with Gasteiger partial charge in [-0.1, -0.05) is 79.2 Å². The van der Waals surface area contributed by atoms with E-state index in [1.54, 1.807) is 0 Å². The van der Waals surface area contributed by atoms with Crippen molar-refractivity contribution in [3.05, 3.63) is 101 Å². The number of rotatable bonds is 6. The van der Waals surface area contributed by atoms with E-state index in [1.165, 1.54) is 5.56 Å². The second kappa shape index (κ2) is 8.50. The first-order valence-electron chi connectivity index (χ1n) is 8.46. The second-order valence-electron chi connectivity index (χ2n) is 5.79. The Morgan fingerprint density at radius 2 is 1.44 bits per heavy atom. The summed E-state index contributed by atoms with van der Waals surface area (Å²) >= 11 is 6.02. The summed E-state index contributed by atoms with van der Waals surface area (Å²) in [7, 11) is 0. The summed E-state index contributed by atoms with van der Waals surface area (Å²) in [5.74, 6) is 0. The third kappa shape index (κ3) is 4.71. The van der Waals surface area contributed by atoms with Crippen molar-refractivity contribution in [1.29, 1.82) is 0 Å². The van der Waals surface area contributed by atoms with Crippen LogP contribution in [0.4, 0.5) is 5.69 Å². The molecule has 0 bridgehead atoms. The van der Waals surface area contributed by atoms with Gasteiger partial charge in [-0.2, -0.15) is 5.10 Å². The number of benzene rings is 3. The quantitative estimate of drug-likeness (QED) is 0.384. The van der Waals surface area contributed by atoms with Crippen LogP contribution in [0.5, 0.6) is 0 Å². The largest absolute Gasteiger partial charge is 0.261 e. The van der Waals surface area contributed by atoms with E-state index in [2.05, 4.69) is 48.3 Å². The van der Waals surface area contributed by atoms with Gasteiger partial charge in [0.1, 0.15) is 0 Å². The Bertz CT molecular complexity index is 812. The lowest BCUT2D eigenvalue weighted by Gasteiger charge is -2.21. The molecular weight excluding hydrogens is 328 g/mol. The Morgan fingerprint density at radius 1 is 0.840 bits per heavy atom. The second-order valence-corrected chi connectivity index (χ2v) is 6.22. The molecule has 3 heteroatoms. The molecule has 0 heterocycles. The third-order valence-electron chi connectivity index (χ3n) is 3.98. The SMILES string of the molecule is CCC(=NN(Cc1ccccc1)c1ccccc1)c1ccc(Cl)cc1. The van der Waals surface area contributed by atoms with Crippen molar-refractivity contribution in [1.82, 2.24) is 0 Å². The monoisotopic (exact) mass is 348 g/mol. The van der Waals surface area contributed by atoms with Gasteiger partial charge in [0.05, 0.1) is 17.9 Å². The highest BCUT2D eigenvalue weighted by Crippen LogP contribution is 2.19. The molecule has 3 rings (SSSR count). The summed E-state index contributed by atoms with van der Waals surface area (Å²) < 4.78 is 0. The summed E-state index contributed by atoms with van der Waals surface area (Å²) in [6, 6.07) is 28.5. The lowest BCUT2D eigenvalue weighted by Crippen LogP contribution is -2.19. The predicted octanol–water partition coefficient (Wildman–Crippen LogP) is 6.16. The zero-order valence-corrected chi connectivity index (χ0v) is 15.0. The molecule has 0 amide bonds. The minimum atomic E-state index is 0.724. The smallest absolute Gasteiger partial charge is 0.0679 e. The molecule has 3 aromatic rings. The standard InChI is InChI=1S/C22H21ClN2/c1-2-22(19-13-15-20(23)16-14-19)24-25(21-11-7-4-8-12-21)17-18-9-5-3-6-10-18/h3-16H,2,17H2,1H3. The van der Waals surface area contributed by atoms with E-state index in [-0.39, 0.29) is 0 Å². The molecule has 0 saturated heterocycles. The summed E-state index contributed by atoms with van der Waals surface area (Å²) in [6.07, 6.45) is 0.847. The van der Waals surface area contributed by atoms with E-state index >= 15 is 0 Å². The van der Waals surface area contributed by atoms with E-state index in [1.807, 2.05) is 48.5 Å². The van der Waals surface area contributed by atoms with Crippen LogP contribution in [-0.2, 0) is 6.54 Å². The fraction of sp³-hybridized carbons (Fsp3) is 0.136. The molecule has 0 fully saturated rings. The number of para-hydroxylation sites is 1. The van der Waals surface area contributed by atoms with E-state index in [0.29, 0.717) is 0 Å². The molecule has 0 saturated carbocycles. The van der Waals surface area contributed by atoms with E-state index < -0.39 is 0 Å². The average molecular weight is 349 g/mol. The van der Waals surface area contributed by atoms with Crippen LogP contribution < -0.4 is 5.01 Å². The first-order valence-corrected chi connectivity index (χ1v) is 8.84. The minimum absolute atomic E-state index is 0.724. The maximum Gasteiger partial charge on any atom is 0.0679 e. The lowest BCUT2D eigenvalue weighted by molar-refractivity contribution is 0.850. The van der Waals surface area contributed by atoms with Crippen LogP contribution in [0.3, 0.4) is 0 Å². The van der Waals surface area contributed by atoms with Gasteiger partial charge in [0.15, 0.2) is 0 Å². The highest BCUT2D eigenvalue weighted by atomic mass is 35.5. The highest BCUT2D eigenvalue weighted by Gasteiger charge is 2.09. The Kier molecular flexibility index (Phi) is 5.86. The van der Waals surface area contributed by atoms with Gasteiger partial charge in [-0.05, 0) is 41.8 Å². The molecule has 0 atom stereocenters. The molecule has 2 nitrogen and oxygen atoms in total. The van der Waals surface area contributed by atoms with Gasteiger partial charge in [0.25, 0.3) is 0 Å². The van der Waals surface area contributed by atoms with Crippen LogP contribution in [0, 0.1) is 0 Å². The molecule has 25 heavy (non-hydrogen) atoms. The first kappa shape index (κ1) is 17.2. The molecule has 126 valence electrons. The number of hydrogen-bond acceptors (Lipinski definition) is 2. The summed E-state index contributed by atoms with van der Waals surface area (Å²) in [5.41, 5.74) is 4.44. The van der Waals surface area contributed by atoms with Crippen molar-refractivity contribution in [2.45, 2.75) is 19.9 Å². The number of nitrogens with zero attached hydrogens (tertiary/aromatic N) is 2. The van der Waals surface area contributed by atoms with Gasteiger partial charge in [-0.3, -0.25) is 5.01 Å². The van der Waals surface area contributed by atoms with Crippen LogP contribution in [0.1, 0.15) is 24.5 Å². The maximum atomic E-state index is 6.02. The van der Waals surface area contributed by atoms with Crippen molar-refractivity contribution in [2.24, 2.45) is 5.10 Å². The Morgan fingerprint density at radius 3 is 2.04 bits per heavy atom. The Labute approximate surface area is 154 Å². The van der Waals surface area contributed by atoms with Gasteiger partial charge >= 0.3 is 0 Å². The van der Waals surface area contributed by atoms with Crippen molar-refractivity contribution in [3.63, 3.8) is 0 Å². The molecule has 0 aliphatic heterocycles. The molecule has 0 aromatic heterocycles. The van der Waals surface area contributed by atoms with Crippen molar-refractivity contribution < 1.29 is 0 Å². The predicted molar refractivity (Wildman–Crippen MR) is 107 cm³/mol. The first-order chi connectivity index (χ1) is 12.3. The summed E-state index contributed by atoms with van der Waals surface area (Å²) in [4.78, 5) is 0. The highest BCUT2D eigenvalue weighted by molar-refractivity contribution is 6.30. The van der Waals surface area contributed by atoms with Gasteiger partial charge in [-0.15, -0.1) is 0 Å². The lowest BCUT2D eigenvalue weighted by atomic mass is 10.1. The van der Waals surface area contributed by atoms with E-state index in [4.69, 9.17) is 16.7 Å². The molecule has 0 spiro atoms. The van der Waals surface area contributed by atoms with Gasteiger partial charge in [0, 0.05) is 5.02 Å². The molecule has 0 unspecified atom stereocenters. The average Bonchev–Trinajstić information content (AvgIpc) is 2.67. The zero-order chi connectivity index (χ0) is 17.5. The molecule has 0 radical (unpaired) electrons. The molecule has 3 aromatic carbocycles. The summed E-state index contributed by atoms with van der Waals surface area (Å²) in [5, 5.41) is 7.76. The molecule has 0 N–H and O–H groups in total. The number of hydrogen-bond donors (Lipinski definition) is 0. The topological polar surface area (TPSA) is 15.6 Å². The van der Waals surface area contributed by atoms with E-state index in [0.717, 1.165) is 35.0 Å². The van der Waals surface area contributed by atoms with Gasteiger partial charge in [0.2, 0.25) is 0 Å². The van der Waals surface area contributed by atoms with Crippen LogP contribution in [-0.4, -0.2) is 5.71 Å².